The van der Waals surface area contributed by atoms with Gasteiger partial charge in [-0.25, -0.2) is 4.68 Å². The Hall–Kier alpha value is -1.94. The molecule has 0 aliphatic carbocycles. The highest BCUT2D eigenvalue weighted by atomic mass is 16.1. The van der Waals surface area contributed by atoms with Crippen LogP contribution in [-0.4, -0.2) is 9.78 Å². The molecule has 2 rings (SSSR count). The van der Waals surface area contributed by atoms with Crippen LogP contribution in [0.1, 0.15) is 11.1 Å². The highest BCUT2D eigenvalue weighted by Crippen LogP contribution is 2.05. The summed E-state index contributed by atoms with van der Waals surface area (Å²) in [5.41, 5.74) is 7.55. The van der Waals surface area contributed by atoms with E-state index in [9.17, 15) is 4.79 Å². The monoisotopic (exact) mass is 215 g/mol. The smallest absolute Gasteiger partial charge is 0.267 e. The van der Waals surface area contributed by atoms with Crippen molar-refractivity contribution in [3.05, 3.63) is 64.1 Å². The second kappa shape index (κ2) is 4.72. The number of nitrogens with two attached hydrogens (primary N) is 1. The van der Waals surface area contributed by atoms with E-state index in [4.69, 9.17) is 5.73 Å². The molecule has 0 radical (unpaired) electrons. The fraction of sp³-hybridized carbons (Fsp3) is 0.167. The quantitative estimate of drug-likeness (QED) is 0.821. The number of nitrogens with zero attached hydrogens (tertiary/aromatic N) is 2. The van der Waals surface area contributed by atoms with Gasteiger partial charge in [0.2, 0.25) is 0 Å². The van der Waals surface area contributed by atoms with E-state index in [1.54, 1.807) is 12.3 Å². The molecule has 4 heteroatoms. The van der Waals surface area contributed by atoms with E-state index < -0.39 is 0 Å². The van der Waals surface area contributed by atoms with E-state index in [0.29, 0.717) is 13.1 Å². The molecule has 1 aromatic heterocycles. The van der Waals surface area contributed by atoms with Gasteiger partial charge in [0.25, 0.3) is 5.56 Å². The molecule has 1 heterocycles. The molecule has 0 saturated carbocycles. The molecule has 2 aromatic rings. The first-order chi connectivity index (χ1) is 7.79. The third-order valence-electron chi connectivity index (χ3n) is 2.34. The van der Waals surface area contributed by atoms with Crippen molar-refractivity contribution in [2.45, 2.75) is 13.1 Å². The Morgan fingerprint density at radius 3 is 2.75 bits per heavy atom. The summed E-state index contributed by atoms with van der Waals surface area (Å²) in [6.07, 6.45) is 1.61. The Morgan fingerprint density at radius 2 is 2.00 bits per heavy atom. The van der Waals surface area contributed by atoms with Gasteiger partial charge in [0.05, 0.1) is 6.54 Å². The summed E-state index contributed by atoms with van der Waals surface area (Å²) in [6.45, 7) is 0.985. The topological polar surface area (TPSA) is 60.9 Å². The molecule has 0 aliphatic heterocycles. The summed E-state index contributed by atoms with van der Waals surface area (Å²) in [5, 5.41) is 4.00. The highest BCUT2D eigenvalue weighted by molar-refractivity contribution is 5.23. The van der Waals surface area contributed by atoms with E-state index in [1.807, 2.05) is 24.3 Å². The Labute approximate surface area is 93.3 Å². The second-order valence-electron chi connectivity index (χ2n) is 3.54. The standard InChI is InChI=1S/C12H13N3O/c13-8-10-3-1-4-11(7-10)9-15-12(16)5-2-6-14-15/h1-7H,8-9,13H2. The van der Waals surface area contributed by atoms with Gasteiger partial charge in [-0.05, 0) is 17.2 Å². The molecular weight excluding hydrogens is 202 g/mol. The lowest BCUT2D eigenvalue weighted by molar-refractivity contribution is 0.638. The fourth-order valence-corrected chi connectivity index (χ4v) is 1.53. The number of hydrogen-bond acceptors (Lipinski definition) is 3. The Morgan fingerprint density at radius 1 is 1.19 bits per heavy atom. The van der Waals surface area contributed by atoms with Gasteiger partial charge in [0.15, 0.2) is 0 Å². The zero-order valence-electron chi connectivity index (χ0n) is 8.84. The van der Waals surface area contributed by atoms with Crippen LogP contribution in [-0.2, 0) is 13.1 Å². The molecule has 2 N–H and O–H groups in total. The predicted molar refractivity (Wildman–Crippen MR) is 61.9 cm³/mol. The van der Waals surface area contributed by atoms with Crippen LogP contribution < -0.4 is 11.3 Å². The normalized spacial score (nSPS) is 10.3. The molecule has 82 valence electrons. The molecule has 0 spiro atoms. The zero-order valence-corrected chi connectivity index (χ0v) is 8.84. The van der Waals surface area contributed by atoms with Crippen LogP contribution >= 0.6 is 0 Å². The Balaban J connectivity index is 2.27. The Kier molecular flexibility index (Phi) is 3.12. The van der Waals surface area contributed by atoms with Crippen molar-refractivity contribution < 1.29 is 0 Å². The van der Waals surface area contributed by atoms with Crippen LogP contribution in [0.5, 0.6) is 0 Å². The summed E-state index contributed by atoms with van der Waals surface area (Å²) in [7, 11) is 0. The van der Waals surface area contributed by atoms with E-state index in [1.165, 1.54) is 10.7 Å². The van der Waals surface area contributed by atoms with Gasteiger partial charge < -0.3 is 5.73 Å². The van der Waals surface area contributed by atoms with E-state index >= 15 is 0 Å². The maximum absolute atomic E-state index is 11.5. The molecule has 0 atom stereocenters. The van der Waals surface area contributed by atoms with Gasteiger partial charge in [0, 0.05) is 18.8 Å². The van der Waals surface area contributed by atoms with Gasteiger partial charge in [-0.2, -0.15) is 5.10 Å². The summed E-state index contributed by atoms with van der Waals surface area (Å²) >= 11 is 0. The number of aromatic nitrogens is 2. The highest BCUT2D eigenvalue weighted by Gasteiger charge is 1.98. The largest absolute Gasteiger partial charge is 0.326 e. The maximum atomic E-state index is 11.5. The minimum Gasteiger partial charge on any atom is -0.326 e. The summed E-state index contributed by atoms with van der Waals surface area (Å²) in [5.74, 6) is 0. The minimum absolute atomic E-state index is 0.0966. The van der Waals surface area contributed by atoms with E-state index in [2.05, 4.69) is 5.10 Å². The van der Waals surface area contributed by atoms with E-state index in [-0.39, 0.29) is 5.56 Å². The van der Waals surface area contributed by atoms with Crippen molar-refractivity contribution in [2.24, 2.45) is 5.73 Å². The van der Waals surface area contributed by atoms with Crippen LogP contribution in [0, 0.1) is 0 Å². The average Bonchev–Trinajstić information content (AvgIpc) is 2.32. The molecule has 0 aliphatic rings. The van der Waals surface area contributed by atoms with Gasteiger partial charge in [-0.1, -0.05) is 24.3 Å². The molecule has 0 bridgehead atoms. The van der Waals surface area contributed by atoms with Crippen LogP contribution in [0.15, 0.2) is 47.4 Å². The van der Waals surface area contributed by atoms with Gasteiger partial charge in [-0.15, -0.1) is 0 Å². The van der Waals surface area contributed by atoms with E-state index in [0.717, 1.165) is 11.1 Å². The van der Waals surface area contributed by atoms with Crippen molar-refractivity contribution in [3.63, 3.8) is 0 Å². The fourth-order valence-electron chi connectivity index (χ4n) is 1.53. The molecule has 0 amide bonds. The van der Waals surface area contributed by atoms with Gasteiger partial charge >= 0.3 is 0 Å². The van der Waals surface area contributed by atoms with Crippen molar-refractivity contribution in [3.8, 4) is 0 Å². The average molecular weight is 215 g/mol. The van der Waals surface area contributed by atoms with Gasteiger partial charge in [0.1, 0.15) is 0 Å². The van der Waals surface area contributed by atoms with Crippen molar-refractivity contribution >= 4 is 0 Å². The molecule has 1 aromatic carbocycles. The summed E-state index contributed by atoms with van der Waals surface area (Å²) in [4.78, 5) is 11.5. The molecule has 16 heavy (non-hydrogen) atoms. The van der Waals surface area contributed by atoms with Crippen LogP contribution in [0.2, 0.25) is 0 Å². The maximum Gasteiger partial charge on any atom is 0.267 e. The molecular formula is C12H13N3O. The van der Waals surface area contributed by atoms with Crippen LogP contribution in [0.3, 0.4) is 0 Å². The first-order valence-corrected chi connectivity index (χ1v) is 5.09. The zero-order chi connectivity index (χ0) is 11.4. The Bertz CT molecular complexity index is 534. The van der Waals surface area contributed by atoms with Crippen molar-refractivity contribution in [1.82, 2.24) is 9.78 Å². The van der Waals surface area contributed by atoms with Crippen LogP contribution in [0.25, 0.3) is 0 Å². The van der Waals surface area contributed by atoms with Crippen LogP contribution in [0.4, 0.5) is 0 Å². The number of benzene rings is 1. The molecule has 0 saturated heterocycles. The minimum atomic E-state index is -0.0966. The molecule has 4 nitrogen and oxygen atoms in total. The first-order valence-electron chi connectivity index (χ1n) is 5.09. The number of hydrogen-bond donors (Lipinski definition) is 1. The van der Waals surface area contributed by atoms with Crippen molar-refractivity contribution in [2.75, 3.05) is 0 Å². The predicted octanol–water partition coefficient (Wildman–Crippen LogP) is 0.750. The SMILES string of the molecule is NCc1cccc(Cn2ncccc2=O)c1. The lowest BCUT2D eigenvalue weighted by Gasteiger charge is -2.05. The first kappa shape index (κ1) is 10.6. The van der Waals surface area contributed by atoms with Crippen molar-refractivity contribution in [1.29, 1.82) is 0 Å². The third kappa shape index (κ3) is 2.35. The third-order valence-corrected chi connectivity index (χ3v) is 2.34. The lowest BCUT2D eigenvalue weighted by Crippen LogP contribution is -2.21. The molecule has 0 unspecified atom stereocenters. The van der Waals surface area contributed by atoms with Gasteiger partial charge in [-0.3, -0.25) is 4.79 Å². The number of rotatable bonds is 3. The summed E-state index contributed by atoms with van der Waals surface area (Å²) < 4.78 is 1.43. The molecule has 0 fully saturated rings. The summed E-state index contributed by atoms with van der Waals surface area (Å²) in [6, 6.07) is 11.0. The second-order valence-corrected chi connectivity index (χ2v) is 3.54. The lowest BCUT2D eigenvalue weighted by atomic mass is 10.1.